The van der Waals surface area contributed by atoms with Crippen LogP contribution >= 0.6 is 0 Å². The molecule has 120 valence electrons. The molecule has 2 aromatic rings. The molecule has 23 heavy (non-hydrogen) atoms. The summed E-state index contributed by atoms with van der Waals surface area (Å²) in [4.78, 5) is 2.45. The predicted molar refractivity (Wildman–Crippen MR) is 86.7 cm³/mol. The zero-order valence-electron chi connectivity index (χ0n) is 12.6. The molecule has 2 atom stereocenters. The van der Waals surface area contributed by atoms with Crippen LogP contribution in [-0.2, 0) is 16.6 Å². The molecule has 2 aliphatic rings. The van der Waals surface area contributed by atoms with Gasteiger partial charge in [-0.1, -0.05) is 42.5 Å². The Hall–Kier alpha value is -1.89. The summed E-state index contributed by atoms with van der Waals surface area (Å²) in [6.45, 7) is 2.14. The highest BCUT2D eigenvalue weighted by atomic mass is 32.2. The van der Waals surface area contributed by atoms with Gasteiger partial charge in [-0.3, -0.25) is 4.90 Å². The van der Waals surface area contributed by atoms with Crippen molar-refractivity contribution < 1.29 is 13.2 Å². The molecule has 5 nitrogen and oxygen atoms in total. The molecule has 2 heterocycles. The second-order valence-corrected chi connectivity index (χ2v) is 7.69. The van der Waals surface area contributed by atoms with Gasteiger partial charge in [0.1, 0.15) is 16.7 Å². The van der Waals surface area contributed by atoms with Crippen LogP contribution in [0.4, 0.5) is 0 Å². The van der Waals surface area contributed by atoms with Gasteiger partial charge in [-0.05, 0) is 17.7 Å². The lowest BCUT2D eigenvalue weighted by atomic mass is 10.2. The lowest BCUT2D eigenvalue weighted by Gasteiger charge is -2.17. The fraction of sp³-hybridized carbons (Fsp3) is 0.294. The summed E-state index contributed by atoms with van der Waals surface area (Å²) in [6.07, 6.45) is -0.169. The minimum atomic E-state index is -3.53. The van der Waals surface area contributed by atoms with Gasteiger partial charge in [0.15, 0.2) is 0 Å². The molecule has 6 heteroatoms. The van der Waals surface area contributed by atoms with Gasteiger partial charge in [0.25, 0.3) is 0 Å². The monoisotopic (exact) mass is 330 g/mol. The number of nitrogens with one attached hydrogen (secondary N) is 1. The number of hydrogen-bond acceptors (Lipinski definition) is 4. The molecule has 0 spiro atoms. The van der Waals surface area contributed by atoms with Crippen molar-refractivity contribution in [2.24, 2.45) is 0 Å². The highest BCUT2D eigenvalue weighted by Gasteiger charge is 2.40. The van der Waals surface area contributed by atoms with Gasteiger partial charge >= 0.3 is 0 Å². The number of rotatable bonds is 2. The molecular formula is C17H18N2O3S. The molecule has 2 aromatic carbocycles. The molecule has 1 fully saturated rings. The lowest BCUT2D eigenvalue weighted by molar-refractivity contribution is 0.184. The normalized spacial score (nSPS) is 25.9. The number of fused-ring (bicyclic) bond motifs is 2. The van der Waals surface area contributed by atoms with Gasteiger partial charge in [0.05, 0.1) is 6.04 Å². The van der Waals surface area contributed by atoms with Gasteiger partial charge in [0.2, 0.25) is 10.0 Å². The first kappa shape index (κ1) is 14.7. The molecule has 0 aromatic heterocycles. The standard InChI is InChI=1S/C17H18N2O3S/c20-23(21)17-9-5-4-8-15(17)22-16-12-19(11-14(16)18-23)10-13-6-2-1-3-7-13/h1-9,14,16,18H,10-12H2. The van der Waals surface area contributed by atoms with Gasteiger partial charge in [0, 0.05) is 19.6 Å². The third-order valence-electron chi connectivity index (χ3n) is 4.31. The van der Waals surface area contributed by atoms with Crippen molar-refractivity contribution in [3.63, 3.8) is 0 Å². The predicted octanol–water partition coefficient (Wildman–Crippen LogP) is 1.61. The van der Waals surface area contributed by atoms with E-state index in [2.05, 4.69) is 21.8 Å². The SMILES string of the molecule is O=S1(=O)NC2CN(Cc3ccccc3)CC2Oc2ccccc21. The first-order valence-corrected chi connectivity index (χ1v) is 9.14. The Balaban J connectivity index is 1.57. The smallest absolute Gasteiger partial charge is 0.244 e. The fourth-order valence-corrected chi connectivity index (χ4v) is 4.64. The maximum absolute atomic E-state index is 12.5. The van der Waals surface area contributed by atoms with Crippen molar-refractivity contribution in [3.05, 3.63) is 60.2 Å². The first-order valence-electron chi connectivity index (χ1n) is 7.66. The number of para-hydroxylation sites is 1. The van der Waals surface area contributed by atoms with Crippen molar-refractivity contribution in [1.29, 1.82) is 0 Å². The number of likely N-dealkylation sites (tertiary alicyclic amines) is 1. The van der Waals surface area contributed by atoms with E-state index < -0.39 is 10.0 Å². The van der Waals surface area contributed by atoms with Crippen LogP contribution in [0.3, 0.4) is 0 Å². The quantitative estimate of drug-likeness (QED) is 0.909. The zero-order valence-corrected chi connectivity index (χ0v) is 13.4. The van der Waals surface area contributed by atoms with Crippen molar-refractivity contribution in [3.8, 4) is 5.75 Å². The van der Waals surface area contributed by atoms with Crippen molar-refractivity contribution >= 4 is 10.0 Å². The van der Waals surface area contributed by atoms with Crippen LogP contribution in [-0.4, -0.2) is 38.6 Å². The van der Waals surface area contributed by atoms with Gasteiger partial charge in [-0.15, -0.1) is 0 Å². The Morgan fingerprint density at radius 1 is 1.04 bits per heavy atom. The fourth-order valence-electron chi connectivity index (χ4n) is 3.25. The van der Waals surface area contributed by atoms with Crippen molar-refractivity contribution in [2.75, 3.05) is 13.1 Å². The molecule has 2 unspecified atom stereocenters. The maximum atomic E-state index is 12.5. The van der Waals surface area contributed by atoms with Crippen LogP contribution in [0.1, 0.15) is 5.56 Å². The maximum Gasteiger partial charge on any atom is 0.244 e. The average molecular weight is 330 g/mol. The number of nitrogens with zero attached hydrogens (tertiary/aromatic N) is 1. The topological polar surface area (TPSA) is 58.6 Å². The van der Waals surface area contributed by atoms with Gasteiger partial charge < -0.3 is 4.74 Å². The Morgan fingerprint density at radius 2 is 1.78 bits per heavy atom. The summed E-state index contributed by atoms with van der Waals surface area (Å²) >= 11 is 0. The minimum absolute atomic E-state index is 0.169. The molecule has 4 rings (SSSR count). The highest BCUT2D eigenvalue weighted by molar-refractivity contribution is 7.89. The van der Waals surface area contributed by atoms with E-state index in [4.69, 9.17) is 4.74 Å². The molecule has 2 aliphatic heterocycles. The molecule has 0 bridgehead atoms. The van der Waals surface area contributed by atoms with E-state index in [1.807, 2.05) is 18.2 Å². The van der Waals surface area contributed by atoms with E-state index in [0.29, 0.717) is 18.8 Å². The number of hydrogen-bond donors (Lipinski definition) is 1. The van der Waals surface area contributed by atoms with Crippen LogP contribution < -0.4 is 9.46 Å². The van der Waals surface area contributed by atoms with Crippen LogP contribution in [0, 0.1) is 0 Å². The van der Waals surface area contributed by atoms with Crippen molar-refractivity contribution in [1.82, 2.24) is 9.62 Å². The Labute approximate surface area is 135 Å². The minimum Gasteiger partial charge on any atom is -0.486 e. The average Bonchev–Trinajstić information content (AvgIpc) is 2.84. The van der Waals surface area contributed by atoms with Gasteiger partial charge in [-0.2, -0.15) is 0 Å². The Morgan fingerprint density at radius 3 is 2.61 bits per heavy atom. The second-order valence-electron chi connectivity index (χ2n) is 6.01. The van der Waals surface area contributed by atoms with Crippen LogP contribution in [0.25, 0.3) is 0 Å². The highest BCUT2D eigenvalue weighted by Crippen LogP contribution is 2.30. The molecule has 0 radical (unpaired) electrons. The first-order chi connectivity index (χ1) is 11.1. The van der Waals surface area contributed by atoms with Crippen LogP contribution in [0.5, 0.6) is 5.75 Å². The number of ether oxygens (including phenoxy) is 1. The molecule has 1 N–H and O–H groups in total. The number of benzene rings is 2. The van der Waals surface area contributed by atoms with Crippen molar-refractivity contribution in [2.45, 2.75) is 23.6 Å². The summed E-state index contributed by atoms with van der Waals surface area (Å²) in [7, 11) is -3.53. The lowest BCUT2D eigenvalue weighted by Crippen LogP contribution is -2.42. The summed E-state index contributed by atoms with van der Waals surface area (Å²) in [5.41, 5.74) is 1.22. The van der Waals surface area contributed by atoms with E-state index in [1.165, 1.54) is 5.56 Å². The second kappa shape index (κ2) is 5.63. The summed E-state index contributed by atoms with van der Waals surface area (Å²) < 4.78 is 33.8. The van der Waals surface area contributed by atoms with E-state index in [1.54, 1.807) is 24.3 Å². The summed E-state index contributed by atoms with van der Waals surface area (Å²) in [5.74, 6) is 0.439. The molecule has 0 amide bonds. The summed E-state index contributed by atoms with van der Waals surface area (Å²) in [5, 5.41) is 0. The van der Waals surface area contributed by atoms with E-state index in [-0.39, 0.29) is 17.0 Å². The van der Waals surface area contributed by atoms with E-state index in [9.17, 15) is 8.42 Å². The van der Waals surface area contributed by atoms with Crippen LogP contribution in [0.15, 0.2) is 59.5 Å². The van der Waals surface area contributed by atoms with Crippen LogP contribution in [0.2, 0.25) is 0 Å². The Bertz CT molecular complexity index is 808. The van der Waals surface area contributed by atoms with E-state index >= 15 is 0 Å². The largest absolute Gasteiger partial charge is 0.486 e. The summed E-state index contributed by atoms with van der Waals surface area (Å²) in [6, 6.07) is 16.8. The molecule has 1 saturated heterocycles. The van der Waals surface area contributed by atoms with E-state index in [0.717, 1.165) is 6.54 Å². The molecule has 0 saturated carbocycles. The third-order valence-corrected chi connectivity index (χ3v) is 5.84. The number of sulfonamides is 1. The Kier molecular flexibility index (Phi) is 3.60. The molecular weight excluding hydrogens is 312 g/mol. The molecule has 0 aliphatic carbocycles. The third kappa shape index (κ3) is 2.85. The zero-order chi connectivity index (χ0) is 15.9. The van der Waals surface area contributed by atoms with Gasteiger partial charge in [-0.25, -0.2) is 13.1 Å².